The van der Waals surface area contributed by atoms with Crippen LogP contribution in [0.4, 0.5) is 0 Å². The molecule has 13 heavy (non-hydrogen) atoms. The molecule has 2 rings (SSSR count). The molecule has 0 amide bonds. The third-order valence-electron chi connectivity index (χ3n) is 1.98. The molecule has 64 valence electrons. The molecule has 3 nitrogen and oxygen atoms in total. The third kappa shape index (κ3) is 1.12. The lowest BCUT2D eigenvalue weighted by atomic mass is 10.2. The van der Waals surface area contributed by atoms with Crippen molar-refractivity contribution >= 4 is 21.6 Å². The zero-order valence-electron chi connectivity index (χ0n) is 6.95. The normalized spacial score (nSPS) is 10.2. The maximum Gasteiger partial charge on any atom is 0.154 e. The Hall–Kier alpha value is -1.34. The zero-order valence-corrected chi connectivity index (χ0v) is 8.54. The van der Waals surface area contributed by atoms with Crippen molar-refractivity contribution in [3.8, 4) is 6.07 Å². The summed E-state index contributed by atoms with van der Waals surface area (Å²) in [6.45, 7) is 1.97. The smallest absolute Gasteiger partial charge is 0.154 e. The van der Waals surface area contributed by atoms with E-state index in [2.05, 4.69) is 27.0 Å². The molecule has 0 spiro atoms. The molecule has 0 radical (unpaired) electrons. The van der Waals surface area contributed by atoms with Gasteiger partial charge in [-0.05, 0) is 28.9 Å². The molecule has 0 unspecified atom stereocenters. The second-order valence-corrected chi connectivity index (χ2v) is 3.58. The van der Waals surface area contributed by atoms with Crippen LogP contribution in [-0.4, -0.2) is 9.38 Å². The van der Waals surface area contributed by atoms with E-state index in [0.717, 1.165) is 10.2 Å². The average Bonchev–Trinajstić information content (AvgIpc) is 2.60. The van der Waals surface area contributed by atoms with Crippen LogP contribution < -0.4 is 0 Å². The number of hydrogen-bond acceptors (Lipinski definition) is 2. The second-order valence-electron chi connectivity index (χ2n) is 2.72. The molecule has 0 aliphatic rings. The van der Waals surface area contributed by atoms with Gasteiger partial charge in [0.1, 0.15) is 6.07 Å². The Labute approximate surface area is 83.8 Å². The maximum absolute atomic E-state index is 8.85. The Balaban J connectivity index is 2.97. The van der Waals surface area contributed by atoms with Crippen LogP contribution >= 0.6 is 15.9 Å². The van der Waals surface area contributed by atoms with Gasteiger partial charge in [-0.15, -0.1) is 0 Å². The Kier molecular flexibility index (Phi) is 1.82. The minimum absolute atomic E-state index is 0.586. The zero-order chi connectivity index (χ0) is 9.42. The molecule has 0 aliphatic heterocycles. The van der Waals surface area contributed by atoms with E-state index in [1.807, 2.05) is 17.5 Å². The number of halogens is 1. The number of imidazole rings is 1. The van der Waals surface area contributed by atoms with Gasteiger partial charge in [0.2, 0.25) is 0 Å². The molecule has 0 saturated heterocycles. The Morgan fingerprint density at radius 1 is 1.62 bits per heavy atom. The summed E-state index contributed by atoms with van der Waals surface area (Å²) in [6, 6.07) is 3.90. The van der Waals surface area contributed by atoms with Gasteiger partial charge in [0.25, 0.3) is 0 Å². The van der Waals surface area contributed by atoms with E-state index in [4.69, 9.17) is 5.26 Å². The van der Waals surface area contributed by atoms with Crippen LogP contribution in [0.3, 0.4) is 0 Å². The van der Waals surface area contributed by atoms with Crippen molar-refractivity contribution in [1.82, 2.24) is 9.38 Å². The Bertz CT molecular complexity index is 507. The summed E-state index contributed by atoms with van der Waals surface area (Å²) in [5.74, 6) is 0. The summed E-state index contributed by atoms with van der Waals surface area (Å²) < 4.78 is 2.82. The van der Waals surface area contributed by atoms with Crippen molar-refractivity contribution in [1.29, 1.82) is 5.26 Å². The van der Waals surface area contributed by atoms with E-state index in [1.165, 1.54) is 0 Å². The van der Waals surface area contributed by atoms with E-state index >= 15 is 0 Å². The monoisotopic (exact) mass is 235 g/mol. The molecule has 2 heterocycles. The third-order valence-corrected chi connectivity index (χ3v) is 2.78. The molecule has 0 fully saturated rings. The first kappa shape index (κ1) is 8.27. The summed E-state index contributed by atoms with van der Waals surface area (Å²) in [4.78, 5) is 4.11. The van der Waals surface area contributed by atoms with E-state index < -0.39 is 0 Å². The highest BCUT2D eigenvalue weighted by Gasteiger charge is 2.06. The van der Waals surface area contributed by atoms with Gasteiger partial charge in [-0.1, -0.05) is 0 Å². The lowest BCUT2D eigenvalue weighted by Crippen LogP contribution is -1.94. The van der Waals surface area contributed by atoms with E-state index in [0.29, 0.717) is 11.2 Å². The van der Waals surface area contributed by atoms with Gasteiger partial charge in [-0.3, -0.25) is 0 Å². The fourth-order valence-electron chi connectivity index (χ4n) is 1.27. The molecular weight excluding hydrogens is 230 g/mol. The number of pyridine rings is 1. The summed E-state index contributed by atoms with van der Waals surface area (Å²) in [5, 5.41) is 8.85. The lowest BCUT2D eigenvalue weighted by Gasteiger charge is -2.03. The van der Waals surface area contributed by atoms with Crippen LogP contribution in [0.15, 0.2) is 22.9 Å². The van der Waals surface area contributed by atoms with Crippen molar-refractivity contribution in [2.45, 2.75) is 6.92 Å². The molecule has 0 bridgehead atoms. The fourth-order valence-corrected chi connectivity index (χ4v) is 1.69. The van der Waals surface area contributed by atoms with Gasteiger partial charge < -0.3 is 4.40 Å². The molecule has 0 saturated carbocycles. The quantitative estimate of drug-likeness (QED) is 0.704. The number of fused-ring (bicyclic) bond motifs is 1. The SMILES string of the molecule is Cc1c(Br)cc(C#N)c2nccn12. The lowest BCUT2D eigenvalue weighted by molar-refractivity contribution is 1.07. The number of nitrogens with zero attached hydrogens (tertiary/aromatic N) is 3. The van der Waals surface area contributed by atoms with Crippen LogP contribution in [-0.2, 0) is 0 Å². The van der Waals surface area contributed by atoms with Crippen molar-refractivity contribution in [2.24, 2.45) is 0 Å². The molecule has 0 atom stereocenters. The van der Waals surface area contributed by atoms with E-state index in [1.54, 1.807) is 12.3 Å². The minimum Gasteiger partial charge on any atom is -0.302 e. The van der Waals surface area contributed by atoms with Crippen LogP contribution in [0.1, 0.15) is 11.3 Å². The van der Waals surface area contributed by atoms with Gasteiger partial charge in [0.15, 0.2) is 5.65 Å². The molecule has 0 aromatic carbocycles. The first-order chi connectivity index (χ1) is 6.24. The minimum atomic E-state index is 0.586. The number of aryl methyl sites for hydroxylation is 1. The largest absolute Gasteiger partial charge is 0.302 e. The summed E-state index contributed by atoms with van der Waals surface area (Å²) in [7, 11) is 0. The summed E-state index contributed by atoms with van der Waals surface area (Å²) >= 11 is 3.39. The Morgan fingerprint density at radius 3 is 3.08 bits per heavy atom. The van der Waals surface area contributed by atoms with Crippen LogP contribution in [0, 0.1) is 18.3 Å². The highest BCUT2D eigenvalue weighted by atomic mass is 79.9. The van der Waals surface area contributed by atoms with E-state index in [9.17, 15) is 0 Å². The predicted octanol–water partition coefficient (Wildman–Crippen LogP) is 2.28. The second kappa shape index (κ2) is 2.86. The molecule has 0 N–H and O–H groups in total. The molecular formula is C9H6BrN3. The van der Waals surface area contributed by atoms with E-state index in [-0.39, 0.29) is 0 Å². The van der Waals surface area contributed by atoms with Crippen molar-refractivity contribution in [3.63, 3.8) is 0 Å². The standard InChI is InChI=1S/C9H6BrN3/c1-6-8(10)4-7(5-11)9-12-2-3-13(6)9/h2-4H,1H3. The van der Waals surface area contributed by atoms with Crippen molar-refractivity contribution in [2.75, 3.05) is 0 Å². The van der Waals surface area contributed by atoms with Gasteiger partial charge >= 0.3 is 0 Å². The van der Waals surface area contributed by atoms with Crippen molar-refractivity contribution < 1.29 is 0 Å². The highest BCUT2D eigenvalue weighted by molar-refractivity contribution is 9.10. The van der Waals surface area contributed by atoms with Crippen molar-refractivity contribution in [3.05, 3.63) is 34.2 Å². The summed E-state index contributed by atoms with van der Waals surface area (Å²) in [5.41, 5.74) is 2.34. The first-order valence-corrected chi connectivity index (χ1v) is 4.55. The van der Waals surface area contributed by atoms with Gasteiger partial charge in [-0.25, -0.2) is 4.98 Å². The number of nitriles is 1. The van der Waals surface area contributed by atoms with Crippen LogP contribution in [0.2, 0.25) is 0 Å². The van der Waals surface area contributed by atoms with Crippen LogP contribution in [0.25, 0.3) is 5.65 Å². The maximum atomic E-state index is 8.85. The molecule has 2 aromatic rings. The van der Waals surface area contributed by atoms with Gasteiger partial charge in [-0.2, -0.15) is 5.26 Å². The van der Waals surface area contributed by atoms with Crippen LogP contribution in [0.5, 0.6) is 0 Å². The van der Waals surface area contributed by atoms with Gasteiger partial charge in [0.05, 0.1) is 5.56 Å². The fraction of sp³-hybridized carbons (Fsp3) is 0.111. The number of aromatic nitrogens is 2. The van der Waals surface area contributed by atoms with Gasteiger partial charge in [0, 0.05) is 22.6 Å². The average molecular weight is 236 g/mol. The highest BCUT2D eigenvalue weighted by Crippen LogP contribution is 2.20. The molecule has 2 aromatic heterocycles. The topological polar surface area (TPSA) is 41.1 Å². The predicted molar refractivity (Wildman–Crippen MR) is 52.3 cm³/mol. The number of rotatable bonds is 0. The first-order valence-electron chi connectivity index (χ1n) is 3.76. The molecule has 0 aliphatic carbocycles. The molecule has 4 heteroatoms. The summed E-state index contributed by atoms with van der Waals surface area (Å²) in [6.07, 6.45) is 3.53. The number of hydrogen-bond donors (Lipinski definition) is 0. The Morgan fingerprint density at radius 2 is 2.38 bits per heavy atom.